The topological polar surface area (TPSA) is 104 Å². The zero-order chi connectivity index (χ0) is 64.1. The van der Waals surface area contributed by atoms with Crippen LogP contribution in [0.5, 0.6) is 0 Å². The Hall–Kier alpha value is -6.98. The summed E-state index contributed by atoms with van der Waals surface area (Å²) in [6, 6.07) is 80.8. The molecule has 0 aliphatic carbocycles. The third-order valence-electron chi connectivity index (χ3n) is 16.7. The zero-order valence-electron chi connectivity index (χ0n) is 55.5. The molecule has 0 unspecified atom stereocenters. The summed E-state index contributed by atoms with van der Waals surface area (Å²) in [7, 11) is -5.97. The Labute approximate surface area is 619 Å². The van der Waals surface area contributed by atoms with Crippen LogP contribution in [0.15, 0.2) is 236 Å². The minimum Gasteiger partial charge on any atom is -0.464 e. The van der Waals surface area contributed by atoms with E-state index in [0.29, 0.717) is 0 Å². The normalized spacial score (nSPS) is 11.6. The summed E-state index contributed by atoms with van der Waals surface area (Å²) in [4.78, 5) is 19.1. The summed E-state index contributed by atoms with van der Waals surface area (Å²) in [6.45, 7) is 28.0. The summed E-state index contributed by atoms with van der Waals surface area (Å²) in [6.07, 6.45) is 5.73. The SMILES string of the molecule is C[Si](C)(C)c1cc2oc3ccccc3c2c(-c2[c-]cccc2)n1.C[Si](C)(C)c1cc[c-]c(-c2nccc3c2oc2ccccc23)c1.C[Si](C)(C)c1ccc[c-]c1-c1nccc2c1oc1ccccc12.C[Si](C)(C)c1cnc(-c2[c-]cccc2)c2c1oc1ccccc12.[Ir].[Ir].[Ir].[Ir]. The van der Waals surface area contributed by atoms with Crippen molar-refractivity contribution in [2.45, 2.75) is 78.6 Å². The second kappa shape index (κ2) is 30.0. The van der Waals surface area contributed by atoms with Crippen molar-refractivity contribution in [3.05, 3.63) is 243 Å². The number of hydrogen-bond donors (Lipinski definition) is 0. The van der Waals surface area contributed by atoms with Gasteiger partial charge in [-0.1, -0.05) is 151 Å². The van der Waals surface area contributed by atoms with Gasteiger partial charge in [0.1, 0.15) is 52.7 Å². The number of nitrogens with zero attached hydrogens (tertiary/aromatic N) is 4. The molecule has 8 nitrogen and oxygen atoms in total. The maximum Gasteiger partial charge on any atom is 0.134 e. The number of para-hydroxylation sites is 4. The second-order valence-corrected chi connectivity index (χ2v) is 47.6. The second-order valence-electron chi connectivity index (χ2n) is 27.4. The first kappa shape index (κ1) is 73.3. The third-order valence-corrected chi connectivity index (χ3v) is 24.5. The van der Waals surface area contributed by atoms with Crippen LogP contribution >= 0.6 is 0 Å². The molecule has 16 aromatic rings. The third kappa shape index (κ3) is 15.0. The van der Waals surface area contributed by atoms with Gasteiger partial charge >= 0.3 is 0 Å². The van der Waals surface area contributed by atoms with E-state index in [-0.39, 0.29) is 80.4 Å². The van der Waals surface area contributed by atoms with E-state index in [0.717, 1.165) is 138 Å². The molecule has 0 saturated carbocycles. The Morgan fingerprint density at radius 2 is 0.781 bits per heavy atom. The van der Waals surface area contributed by atoms with Crippen LogP contribution in [0.3, 0.4) is 0 Å². The van der Waals surface area contributed by atoms with Crippen molar-refractivity contribution in [1.29, 1.82) is 0 Å². The molecule has 0 atom stereocenters. The van der Waals surface area contributed by atoms with E-state index in [1.165, 1.54) is 15.6 Å². The fraction of sp³-hybridized carbons (Fsp3) is 0.150. The number of hydrogen-bond acceptors (Lipinski definition) is 8. The standard InChI is InChI=1S/4C20H18NOSi.4Ir/c1-23(2,3)18-11-7-5-9-16(18)19-20-15(12-13-21-19)14-8-4-6-10-17(14)22-20;1-23(2,3)15-8-6-7-14(13-15)19-20-17(11-12-21-19)16-9-4-5-10-18(16)22-20;1-23(2,3)17-13-21-19(14-9-5-4-6-10-14)18-15-11-7-8-12-16(15)22-20(17)18;1-23(2,3)18-13-17-19(15-11-7-8-12-16(15)22-17)20(21-18)14-9-5-4-6-10-14;;;;/h4-8,10-13H,1-3H3;4-6,8-13H,1-3H3;2*4-9,11-13H,1-3H3;;;;/q4*-1;;;;. The molecule has 0 amide bonds. The number of benzene rings is 8. The van der Waals surface area contributed by atoms with Crippen LogP contribution in [0, 0.1) is 24.3 Å². The van der Waals surface area contributed by atoms with Crippen molar-refractivity contribution >= 4 is 141 Å². The molecule has 16 heteroatoms. The zero-order valence-corrected chi connectivity index (χ0v) is 69.1. The molecule has 0 fully saturated rings. The van der Waals surface area contributed by atoms with Crippen molar-refractivity contribution in [3.63, 3.8) is 0 Å². The number of aromatic nitrogens is 4. The quantitative estimate of drug-likeness (QED) is 0.109. The molecular weight excluding hydrogens is 1960 g/mol. The van der Waals surface area contributed by atoms with E-state index < -0.39 is 32.3 Å². The summed E-state index contributed by atoms with van der Waals surface area (Å²) in [5.74, 6) is 0. The Morgan fingerprint density at radius 3 is 1.32 bits per heavy atom. The van der Waals surface area contributed by atoms with Crippen LogP contribution in [-0.2, 0) is 80.4 Å². The van der Waals surface area contributed by atoms with Gasteiger partial charge < -0.3 is 37.6 Å². The van der Waals surface area contributed by atoms with Crippen molar-refractivity contribution in [1.82, 2.24) is 19.9 Å². The van der Waals surface area contributed by atoms with Crippen molar-refractivity contribution in [3.8, 4) is 45.0 Å². The van der Waals surface area contributed by atoms with Gasteiger partial charge in [-0.15, -0.1) is 142 Å². The number of furan rings is 4. The van der Waals surface area contributed by atoms with Gasteiger partial charge in [-0.25, -0.2) is 0 Å². The molecule has 0 saturated heterocycles. The van der Waals surface area contributed by atoms with E-state index in [4.69, 9.17) is 27.6 Å². The van der Waals surface area contributed by atoms with Gasteiger partial charge in [-0.3, -0.25) is 0 Å². The smallest absolute Gasteiger partial charge is 0.134 e. The van der Waals surface area contributed by atoms with Crippen LogP contribution in [0.25, 0.3) is 133 Å². The maximum atomic E-state index is 6.25. The maximum absolute atomic E-state index is 6.25. The van der Waals surface area contributed by atoms with Gasteiger partial charge in [-0.2, -0.15) is 0 Å². The first-order chi connectivity index (χ1) is 44.2. The summed E-state index contributed by atoms with van der Waals surface area (Å²) >= 11 is 0. The van der Waals surface area contributed by atoms with E-state index in [2.05, 4.69) is 186 Å². The largest absolute Gasteiger partial charge is 0.464 e. The number of pyridine rings is 4. The first-order valence-electron chi connectivity index (χ1n) is 31.3. The molecule has 0 aliphatic heterocycles. The molecule has 4 radical (unpaired) electrons. The summed E-state index contributed by atoms with van der Waals surface area (Å²) < 4.78 is 24.6. The molecule has 0 bridgehead atoms. The van der Waals surface area contributed by atoms with E-state index in [9.17, 15) is 0 Å². The van der Waals surface area contributed by atoms with Crippen molar-refractivity contribution < 1.29 is 98.1 Å². The van der Waals surface area contributed by atoms with Gasteiger partial charge in [0.2, 0.25) is 0 Å². The predicted molar refractivity (Wildman–Crippen MR) is 395 cm³/mol. The fourth-order valence-electron chi connectivity index (χ4n) is 11.9. The predicted octanol–water partition coefficient (Wildman–Crippen LogP) is 20.0. The van der Waals surface area contributed by atoms with Gasteiger partial charge in [0.25, 0.3) is 0 Å². The van der Waals surface area contributed by atoms with Crippen LogP contribution in [0.2, 0.25) is 78.6 Å². The van der Waals surface area contributed by atoms with Crippen molar-refractivity contribution in [2.75, 3.05) is 0 Å². The molecule has 0 aliphatic rings. The molecule has 0 N–H and O–H groups in total. The summed E-state index contributed by atoms with van der Waals surface area (Å²) in [5.41, 5.74) is 15.1. The van der Waals surface area contributed by atoms with Crippen LogP contribution < -0.4 is 20.9 Å². The van der Waals surface area contributed by atoms with Gasteiger partial charge in [0.15, 0.2) is 0 Å². The average Bonchev–Trinajstić information content (AvgIpc) is 1.60. The molecule has 8 aromatic heterocycles. The van der Waals surface area contributed by atoms with Gasteiger partial charge in [-0.05, 0) is 59.0 Å². The van der Waals surface area contributed by atoms with Crippen LogP contribution in [-0.4, -0.2) is 52.2 Å². The van der Waals surface area contributed by atoms with Gasteiger partial charge in [0.05, 0.1) is 16.1 Å². The molecule has 16 rings (SSSR count). The molecule has 96 heavy (non-hydrogen) atoms. The minimum absolute atomic E-state index is 0. The van der Waals surface area contributed by atoms with E-state index in [1.54, 1.807) is 0 Å². The molecule has 492 valence electrons. The number of fused-ring (bicyclic) bond motifs is 12. The first-order valence-corrected chi connectivity index (χ1v) is 45.3. The number of rotatable bonds is 8. The molecule has 0 spiro atoms. The monoisotopic (exact) mass is 2040 g/mol. The van der Waals surface area contributed by atoms with E-state index in [1.807, 2.05) is 146 Å². The van der Waals surface area contributed by atoms with Crippen LogP contribution in [0.1, 0.15) is 0 Å². The average molecular weight is 2030 g/mol. The van der Waals surface area contributed by atoms with E-state index >= 15 is 0 Å². The van der Waals surface area contributed by atoms with Crippen LogP contribution in [0.4, 0.5) is 0 Å². The molecule has 8 aromatic carbocycles. The Morgan fingerprint density at radius 1 is 0.312 bits per heavy atom. The summed E-state index contributed by atoms with van der Waals surface area (Å²) in [5, 5.41) is 14.1. The molecular formula is C80H72Ir4N4O4Si4-4. The Balaban J connectivity index is 0.000000148. The minimum atomic E-state index is -1.55. The van der Waals surface area contributed by atoms with Gasteiger partial charge in [0, 0.05) is 167 Å². The Kier molecular flexibility index (Phi) is 22.9. The molecule has 8 heterocycles. The fourth-order valence-corrected chi connectivity index (χ4v) is 16.9. The van der Waals surface area contributed by atoms with Crippen molar-refractivity contribution in [2.24, 2.45) is 0 Å². The Bertz CT molecular complexity index is 5380.